The van der Waals surface area contributed by atoms with Gasteiger partial charge in [-0.2, -0.15) is 0 Å². The smallest absolute Gasteiger partial charge is 0.349 e. The number of carbonyl (C=O) groups excluding carboxylic acids is 3. The second kappa shape index (κ2) is 9.44. The molecule has 1 amide bonds. The van der Waals surface area contributed by atoms with E-state index in [-0.39, 0.29) is 34.2 Å². The third-order valence-electron chi connectivity index (χ3n) is 4.25. The molecular weight excluding hydrogens is 490 g/mol. The zero-order valence-electron chi connectivity index (χ0n) is 16.9. The number of carbonyl (C=O) groups is 3. The summed E-state index contributed by atoms with van der Waals surface area (Å²) in [5.74, 6) is -2.10. The molecule has 10 heteroatoms. The highest BCUT2D eigenvalue weighted by Crippen LogP contribution is 2.34. The van der Waals surface area contributed by atoms with Crippen molar-refractivity contribution >= 4 is 61.1 Å². The van der Waals surface area contributed by atoms with Gasteiger partial charge in [-0.1, -0.05) is 15.9 Å². The first-order chi connectivity index (χ1) is 14.8. The summed E-state index contributed by atoms with van der Waals surface area (Å²) >= 11 is 4.21. The van der Waals surface area contributed by atoms with E-state index >= 15 is 0 Å². The molecule has 8 nitrogen and oxygen atoms in total. The van der Waals surface area contributed by atoms with E-state index in [4.69, 9.17) is 13.9 Å². The van der Waals surface area contributed by atoms with Crippen LogP contribution in [0.3, 0.4) is 0 Å². The molecule has 0 radical (unpaired) electrons. The SMILES string of the molecule is CCOC(=O)c1sc(NC(=O)c2cc3cc(Br)ccc3oc2=O)c(C(=O)OCC)c1C. The van der Waals surface area contributed by atoms with Crippen LogP contribution in [-0.2, 0) is 9.47 Å². The summed E-state index contributed by atoms with van der Waals surface area (Å²) in [4.78, 5) is 50.1. The summed E-state index contributed by atoms with van der Waals surface area (Å²) in [5, 5.41) is 3.17. The van der Waals surface area contributed by atoms with Crippen LogP contribution in [0, 0.1) is 6.92 Å². The monoisotopic (exact) mass is 507 g/mol. The molecule has 3 rings (SSSR count). The van der Waals surface area contributed by atoms with Gasteiger partial charge in [-0.25, -0.2) is 14.4 Å². The molecule has 31 heavy (non-hydrogen) atoms. The molecule has 1 N–H and O–H groups in total. The van der Waals surface area contributed by atoms with Crippen LogP contribution in [0.15, 0.2) is 37.9 Å². The molecule has 0 aliphatic rings. The number of hydrogen-bond donors (Lipinski definition) is 1. The lowest BCUT2D eigenvalue weighted by Crippen LogP contribution is -2.21. The van der Waals surface area contributed by atoms with Crippen LogP contribution < -0.4 is 10.9 Å². The van der Waals surface area contributed by atoms with Crippen molar-refractivity contribution in [2.45, 2.75) is 20.8 Å². The van der Waals surface area contributed by atoms with Crippen LogP contribution >= 0.6 is 27.3 Å². The second-order valence-electron chi connectivity index (χ2n) is 6.29. The number of benzene rings is 1. The van der Waals surface area contributed by atoms with Gasteiger partial charge in [0.25, 0.3) is 5.91 Å². The molecule has 3 aromatic rings. The summed E-state index contributed by atoms with van der Waals surface area (Å²) < 4.78 is 16.1. The van der Waals surface area contributed by atoms with Crippen molar-refractivity contribution in [2.75, 3.05) is 18.5 Å². The quantitative estimate of drug-likeness (QED) is 0.385. The largest absolute Gasteiger partial charge is 0.462 e. The minimum atomic E-state index is -0.830. The van der Waals surface area contributed by atoms with Gasteiger partial charge in [0.05, 0.1) is 18.8 Å². The Morgan fingerprint density at radius 2 is 1.77 bits per heavy atom. The fourth-order valence-corrected chi connectivity index (χ4v) is 4.33. The number of thiophene rings is 1. The van der Waals surface area contributed by atoms with Gasteiger partial charge in [0.1, 0.15) is 21.0 Å². The zero-order chi connectivity index (χ0) is 22.7. The number of halogens is 1. The van der Waals surface area contributed by atoms with Crippen LogP contribution in [0.5, 0.6) is 0 Å². The minimum absolute atomic E-state index is 0.0381. The van der Waals surface area contributed by atoms with E-state index in [1.807, 2.05) is 0 Å². The summed E-state index contributed by atoms with van der Waals surface area (Å²) in [6, 6.07) is 6.42. The molecule has 0 saturated heterocycles. The Bertz CT molecular complexity index is 1240. The molecule has 0 bridgehead atoms. The molecule has 0 fully saturated rings. The van der Waals surface area contributed by atoms with Gasteiger partial charge in [-0.3, -0.25) is 4.79 Å². The molecule has 162 valence electrons. The number of esters is 2. The summed E-state index contributed by atoms with van der Waals surface area (Å²) in [6.07, 6.45) is 0. The van der Waals surface area contributed by atoms with Crippen LogP contribution in [0.25, 0.3) is 11.0 Å². The molecule has 0 aliphatic heterocycles. The Kier molecular flexibility index (Phi) is 6.91. The molecule has 1 aromatic carbocycles. The number of hydrogen-bond acceptors (Lipinski definition) is 8. The van der Waals surface area contributed by atoms with Gasteiger partial charge in [0.2, 0.25) is 0 Å². The molecule has 0 atom stereocenters. The average molecular weight is 508 g/mol. The maximum atomic E-state index is 12.9. The van der Waals surface area contributed by atoms with Gasteiger partial charge >= 0.3 is 17.6 Å². The van der Waals surface area contributed by atoms with Crippen LogP contribution in [0.1, 0.15) is 49.8 Å². The standard InChI is InChI=1S/C21H18BrNO7S/c1-4-28-20(26)15-10(3)16(21(27)29-5-2)31-18(15)23-17(24)13-9-11-8-12(22)6-7-14(11)30-19(13)25/h6-9H,4-5H2,1-3H3,(H,23,24). The van der Waals surface area contributed by atoms with Crippen molar-refractivity contribution in [1.82, 2.24) is 0 Å². The van der Waals surface area contributed by atoms with Crippen molar-refractivity contribution in [2.24, 2.45) is 0 Å². The Hall–Kier alpha value is -2.98. The normalized spacial score (nSPS) is 10.7. The number of ether oxygens (including phenoxy) is 2. The fraction of sp³-hybridized carbons (Fsp3) is 0.238. The van der Waals surface area contributed by atoms with E-state index in [9.17, 15) is 19.2 Å². The van der Waals surface area contributed by atoms with Crippen molar-refractivity contribution in [3.8, 4) is 0 Å². The topological polar surface area (TPSA) is 112 Å². The third-order valence-corrected chi connectivity index (χ3v) is 5.93. The highest BCUT2D eigenvalue weighted by molar-refractivity contribution is 9.10. The lowest BCUT2D eigenvalue weighted by Gasteiger charge is -2.07. The lowest BCUT2D eigenvalue weighted by atomic mass is 10.1. The maximum absolute atomic E-state index is 12.9. The Labute approximate surface area is 189 Å². The van der Waals surface area contributed by atoms with Gasteiger partial charge in [-0.15, -0.1) is 11.3 Å². The Balaban J connectivity index is 2.04. The van der Waals surface area contributed by atoms with Crippen LogP contribution in [0.2, 0.25) is 0 Å². The predicted octanol–water partition coefficient (Wildman–Crippen LogP) is 4.53. The molecule has 0 unspecified atom stereocenters. The molecule has 2 heterocycles. The van der Waals surface area contributed by atoms with Crippen molar-refractivity contribution < 1.29 is 28.3 Å². The summed E-state index contributed by atoms with van der Waals surface area (Å²) in [6.45, 7) is 5.13. The van der Waals surface area contributed by atoms with E-state index in [1.54, 1.807) is 39.0 Å². The lowest BCUT2D eigenvalue weighted by molar-refractivity contribution is 0.0527. The second-order valence-corrected chi connectivity index (χ2v) is 8.22. The highest BCUT2D eigenvalue weighted by atomic mass is 79.9. The van der Waals surface area contributed by atoms with Crippen molar-refractivity contribution in [3.05, 3.63) is 60.7 Å². The molecule has 0 aliphatic carbocycles. The predicted molar refractivity (Wildman–Crippen MR) is 119 cm³/mol. The van der Waals surface area contributed by atoms with Crippen molar-refractivity contribution in [1.29, 1.82) is 0 Å². The molecular formula is C21H18BrNO7S. The molecule has 2 aromatic heterocycles. The van der Waals surface area contributed by atoms with E-state index in [0.29, 0.717) is 16.5 Å². The number of amides is 1. The number of rotatable bonds is 6. The van der Waals surface area contributed by atoms with E-state index in [1.165, 1.54) is 6.07 Å². The van der Waals surface area contributed by atoms with E-state index in [0.717, 1.165) is 15.8 Å². The highest BCUT2D eigenvalue weighted by Gasteiger charge is 2.28. The number of fused-ring (bicyclic) bond motifs is 1. The first-order valence-corrected chi connectivity index (χ1v) is 10.9. The third kappa shape index (κ3) is 4.70. The molecule has 0 spiro atoms. The Morgan fingerprint density at radius 1 is 1.10 bits per heavy atom. The maximum Gasteiger partial charge on any atom is 0.349 e. The van der Waals surface area contributed by atoms with Gasteiger partial charge in [0, 0.05) is 9.86 Å². The zero-order valence-corrected chi connectivity index (χ0v) is 19.3. The fourth-order valence-electron chi connectivity index (χ4n) is 2.86. The first kappa shape index (κ1) is 22.7. The van der Waals surface area contributed by atoms with E-state index in [2.05, 4.69) is 21.2 Å². The van der Waals surface area contributed by atoms with Crippen LogP contribution in [-0.4, -0.2) is 31.1 Å². The summed E-state index contributed by atoms with van der Waals surface area (Å²) in [7, 11) is 0. The average Bonchev–Trinajstić information content (AvgIpc) is 3.04. The summed E-state index contributed by atoms with van der Waals surface area (Å²) in [5.41, 5.74) is -0.385. The number of anilines is 1. The van der Waals surface area contributed by atoms with Gasteiger partial charge in [0.15, 0.2) is 0 Å². The minimum Gasteiger partial charge on any atom is -0.462 e. The van der Waals surface area contributed by atoms with E-state index < -0.39 is 23.5 Å². The molecule has 0 saturated carbocycles. The van der Waals surface area contributed by atoms with Crippen LogP contribution in [0.4, 0.5) is 5.00 Å². The Morgan fingerprint density at radius 3 is 2.45 bits per heavy atom. The first-order valence-electron chi connectivity index (χ1n) is 9.29. The van der Waals surface area contributed by atoms with Gasteiger partial charge < -0.3 is 19.2 Å². The number of nitrogens with one attached hydrogen (secondary N) is 1. The van der Waals surface area contributed by atoms with Gasteiger partial charge in [-0.05, 0) is 50.6 Å². The van der Waals surface area contributed by atoms with Crippen molar-refractivity contribution in [3.63, 3.8) is 0 Å².